The predicted molar refractivity (Wildman–Crippen MR) is 139 cm³/mol. The minimum Gasteiger partial charge on any atom is -0.495 e. The molecule has 0 unspecified atom stereocenters. The average Bonchev–Trinajstić information content (AvgIpc) is 2.88. The van der Waals surface area contributed by atoms with Gasteiger partial charge in [-0.25, -0.2) is 9.18 Å². The van der Waals surface area contributed by atoms with Crippen molar-refractivity contribution in [2.45, 2.75) is 30.8 Å². The van der Waals surface area contributed by atoms with E-state index in [0.29, 0.717) is 24.5 Å². The molecule has 0 aliphatic carbocycles. The molecule has 3 aromatic carbocycles. The van der Waals surface area contributed by atoms with Gasteiger partial charge in [0.2, 0.25) is 0 Å². The summed E-state index contributed by atoms with van der Waals surface area (Å²) < 4.78 is 19.1. The fraction of sp³-hybridized carbons (Fsp3) is 0.345. The Balaban J connectivity index is 1.35. The Morgan fingerprint density at radius 2 is 1.81 bits per heavy atom. The number of methoxy groups -OCH3 is 1. The van der Waals surface area contributed by atoms with Crippen LogP contribution in [-0.2, 0) is 0 Å². The van der Waals surface area contributed by atoms with Crippen LogP contribution in [0.2, 0.25) is 0 Å². The van der Waals surface area contributed by atoms with Crippen LogP contribution in [-0.4, -0.2) is 66.4 Å². The maximum absolute atomic E-state index is 13.7. The van der Waals surface area contributed by atoms with E-state index in [1.54, 1.807) is 13.2 Å². The number of nitrogens with one attached hydrogen (secondary N) is 1. The third-order valence-corrected chi connectivity index (χ3v) is 7.46. The van der Waals surface area contributed by atoms with Crippen molar-refractivity contribution in [3.63, 3.8) is 0 Å². The number of rotatable bonds is 5. The Hall–Kier alpha value is -3.42. The van der Waals surface area contributed by atoms with E-state index in [1.807, 2.05) is 47.4 Å². The van der Waals surface area contributed by atoms with E-state index in [2.05, 4.69) is 22.3 Å². The van der Waals surface area contributed by atoms with Crippen molar-refractivity contribution in [2.24, 2.45) is 0 Å². The molecule has 2 fully saturated rings. The third-order valence-electron chi connectivity index (χ3n) is 7.46. The first-order chi connectivity index (χ1) is 17.6. The van der Waals surface area contributed by atoms with E-state index >= 15 is 0 Å². The van der Waals surface area contributed by atoms with Gasteiger partial charge >= 0.3 is 6.03 Å². The topological polar surface area (TPSA) is 65.0 Å². The van der Waals surface area contributed by atoms with Crippen LogP contribution in [0.25, 0.3) is 11.1 Å². The lowest BCUT2D eigenvalue weighted by Gasteiger charge is -2.57. The molecule has 3 aromatic rings. The van der Waals surface area contributed by atoms with Crippen molar-refractivity contribution in [3.05, 3.63) is 84.2 Å². The molecule has 0 radical (unpaired) electrons. The highest BCUT2D eigenvalue weighted by atomic mass is 19.1. The molecule has 5 rings (SSSR count). The quantitative estimate of drug-likeness (QED) is 0.532. The number of carbonyl (C=O) groups is 1. The van der Waals surface area contributed by atoms with Crippen molar-refractivity contribution in [1.82, 2.24) is 9.80 Å². The zero-order valence-corrected chi connectivity index (χ0v) is 20.4. The van der Waals surface area contributed by atoms with Gasteiger partial charge in [0.25, 0.3) is 0 Å². The van der Waals surface area contributed by atoms with Crippen LogP contribution in [0.5, 0.6) is 5.75 Å². The number of benzene rings is 3. The summed E-state index contributed by atoms with van der Waals surface area (Å²) in [6.07, 6.45) is 1.88. The number of para-hydroxylation sites is 2. The fourth-order valence-corrected chi connectivity index (χ4v) is 5.63. The van der Waals surface area contributed by atoms with Crippen LogP contribution >= 0.6 is 0 Å². The maximum atomic E-state index is 13.7. The third kappa shape index (κ3) is 4.81. The molecule has 2 amide bonds. The lowest BCUT2D eigenvalue weighted by Crippen LogP contribution is -2.68. The number of nitrogens with zero attached hydrogens (tertiary/aromatic N) is 2. The first kappa shape index (κ1) is 24.3. The molecular weight excluding hydrogens is 457 g/mol. The van der Waals surface area contributed by atoms with Gasteiger partial charge in [0.1, 0.15) is 11.6 Å². The number of halogens is 1. The van der Waals surface area contributed by atoms with E-state index in [9.17, 15) is 14.3 Å². The van der Waals surface area contributed by atoms with Gasteiger partial charge in [-0.15, -0.1) is 0 Å². The lowest BCUT2D eigenvalue weighted by atomic mass is 9.74. The van der Waals surface area contributed by atoms with Crippen LogP contribution in [0.15, 0.2) is 72.8 Å². The minimum atomic E-state index is -0.257. The number of fused-ring (bicyclic) bond motifs is 1. The minimum absolute atomic E-state index is 0.0206. The van der Waals surface area contributed by atoms with E-state index in [-0.39, 0.29) is 36.5 Å². The molecule has 3 atom stereocenters. The van der Waals surface area contributed by atoms with Crippen molar-refractivity contribution >= 4 is 11.7 Å². The van der Waals surface area contributed by atoms with E-state index in [4.69, 9.17) is 4.74 Å². The number of carbonyl (C=O) groups excluding carboxylic acids is 1. The first-order valence-corrected chi connectivity index (χ1v) is 12.5. The highest BCUT2D eigenvalue weighted by Gasteiger charge is 2.49. The average molecular weight is 490 g/mol. The molecule has 2 heterocycles. The lowest BCUT2D eigenvalue weighted by molar-refractivity contribution is -0.0585. The van der Waals surface area contributed by atoms with E-state index in [1.165, 1.54) is 12.1 Å². The van der Waals surface area contributed by atoms with Gasteiger partial charge in [-0.2, -0.15) is 0 Å². The number of aliphatic hydroxyl groups excluding tert-OH is 1. The van der Waals surface area contributed by atoms with Crippen molar-refractivity contribution in [1.29, 1.82) is 0 Å². The predicted octanol–water partition coefficient (Wildman–Crippen LogP) is 4.96. The number of aliphatic hydroxyl groups is 1. The van der Waals surface area contributed by atoms with Crippen LogP contribution in [0.1, 0.15) is 24.3 Å². The largest absolute Gasteiger partial charge is 0.495 e. The van der Waals surface area contributed by atoms with Gasteiger partial charge in [-0.3, -0.25) is 4.90 Å². The molecule has 36 heavy (non-hydrogen) atoms. The monoisotopic (exact) mass is 489 g/mol. The summed E-state index contributed by atoms with van der Waals surface area (Å²) in [5.41, 5.74) is 3.56. The number of amides is 2. The molecule has 2 saturated heterocycles. The normalized spacial score (nSPS) is 22.1. The van der Waals surface area contributed by atoms with Crippen molar-refractivity contribution in [3.8, 4) is 16.9 Å². The number of urea groups is 1. The summed E-state index contributed by atoms with van der Waals surface area (Å²) in [7, 11) is 1.59. The number of hydrogen-bond acceptors (Lipinski definition) is 4. The number of hydrogen-bond donors (Lipinski definition) is 2. The Kier molecular flexibility index (Phi) is 7.20. The Labute approximate surface area is 211 Å². The van der Waals surface area contributed by atoms with Crippen molar-refractivity contribution in [2.75, 3.05) is 38.7 Å². The van der Waals surface area contributed by atoms with Crippen LogP contribution in [0, 0.1) is 5.82 Å². The maximum Gasteiger partial charge on any atom is 0.322 e. The van der Waals surface area contributed by atoms with Crippen LogP contribution < -0.4 is 10.1 Å². The highest BCUT2D eigenvalue weighted by Crippen LogP contribution is 2.42. The Morgan fingerprint density at radius 3 is 2.56 bits per heavy atom. The summed E-state index contributed by atoms with van der Waals surface area (Å²) in [5, 5.41) is 13.2. The van der Waals surface area contributed by atoms with Crippen molar-refractivity contribution < 1.29 is 19.0 Å². The fourth-order valence-electron chi connectivity index (χ4n) is 5.63. The highest BCUT2D eigenvalue weighted by molar-refractivity contribution is 5.91. The summed E-state index contributed by atoms with van der Waals surface area (Å²) in [4.78, 5) is 17.5. The Morgan fingerprint density at radius 1 is 1.03 bits per heavy atom. The van der Waals surface area contributed by atoms with Crippen LogP contribution in [0.4, 0.5) is 14.9 Å². The summed E-state index contributed by atoms with van der Waals surface area (Å²) in [6.45, 7) is 2.24. The molecular formula is C29H32FN3O3. The molecule has 0 saturated carbocycles. The Bertz CT molecular complexity index is 1200. The smallest absolute Gasteiger partial charge is 0.322 e. The van der Waals surface area contributed by atoms with Gasteiger partial charge in [0, 0.05) is 31.1 Å². The zero-order chi connectivity index (χ0) is 25.1. The zero-order valence-electron chi connectivity index (χ0n) is 20.4. The van der Waals surface area contributed by atoms with Crippen LogP contribution in [0.3, 0.4) is 0 Å². The van der Waals surface area contributed by atoms with Gasteiger partial charge in [-0.05, 0) is 60.3 Å². The molecule has 6 nitrogen and oxygen atoms in total. The second-order valence-electron chi connectivity index (χ2n) is 9.50. The van der Waals surface area contributed by atoms with Gasteiger partial charge < -0.3 is 20.1 Å². The summed E-state index contributed by atoms with van der Waals surface area (Å²) in [5.74, 6) is 0.476. The van der Waals surface area contributed by atoms with Gasteiger partial charge in [0.15, 0.2) is 0 Å². The molecule has 0 bridgehead atoms. The van der Waals surface area contributed by atoms with Gasteiger partial charge in [-0.1, -0.05) is 48.5 Å². The summed E-state index contributed by atoms with van der Waals surface area (Å²) in [6, 6.07) is 22.1. The molecule has 188 valence electrons. The standard InChI is InChI=1S/C29H32FN3O3/c1-36-27-10-3-2-9-24(27)31-29(35)32-15-4-5-16-33-25(18-32)28(26(33)19-34)21-13-11-20(12-14-21)22-7-6-8-23(30)17-22/h2-3,6-14,17,25-26,28,34H,4-5,15-16,18-19H2,1H3,(H,31,35)/t25-,26-,28-/m0/s1. The van der Waals surface area contributed by atoms with E-state index in [0.717, 1.165) is 36.1 Å². The second-order valence-corrected chi connectivity index (χ2v) is 9.50. The molecule has 0 spiro atoms. The first-order valence-electron chi connectivity index (χ1n) is 12.5. The summed E-state index contributed by atoms with van der Waals surface area (Å²) >= 11 is 0. The van der Waals surface area contributed by atoms with Gasteiger partial charge in [0.05, 0.1) is 19.4 Å². The molecule has 2 N–H and O–H groups in total. The van der Waals surface area contributed by atoms with E-state index < -0.39 is 0 Å². The number of ether oxygens (including phenoxy) is 1. The molecule has 2 aliphatic rings. The second kappa shape index (κ2) is 10.7. The number of anilines is 1. The SMILES string of the molecule is COc1ccccc1NC(=O)N1CCCCN2[C@@H](CO)[C@@H](c3ccc(-c4cccc(F)c4)cc3)[C@@H]2C1. The molecule has 2 aliphatic heterocycles. The molecule has 7 heteroatoms. The molecule has 0 aromatic heterocycles.